The molecule has 0 aromatic carbocycles. The number of nitrogens with one attached hydrogen (secondary N) is 1. The lowest BCUT2D eigenvalue weighted by atomic mass is 9.79. The maximum absolute atomic E-state index is 12.3. The maximum Gasteiger partial charge on any atom is 0.251 e. The number of hydrogen-bond donors (Lipinski definition) is 6. The zero-order valence-corrected chi connectivity index (χ0v) is 14.5. The molecule has 1 aliphatic heterocycles. The predicted octanol–water partition coefficient (Wildman–Crippen LogP) is -2.09. The fourth-order valence-corrected chi connectivity index (χ4v) is 3.33. The molecule has 0 aliphatic carbocycles. The molecule has 1 radical (unpaired) electrons. The number of rotatable bonds is 6. The first kappa shape index (κ1) is 21.2. The third kappa shape index (κ3) is 4.63. The number of carbonyl (C=O) groups excluding carboxylic acids is 1. The first-order valence-corrected chi connectivity index (χ1v) is 7.94. The monoisotopic (exact) mass is 349 g/mol. The molecule has 1 rings (SSSR count). The van der Waals surface area contributed by atoms with Crippen LogP contribution in [0, 0.1) is 0 Å². The summed E-state index contributed by atoms with van der Waals surface area (Å²) < 4.78 is 0. The molecule has 6 N–H and O–H groups in total. The van der Waals surface area contributed by atoms with E-state index < -0.39 is 54.0 Å². The molecule has 0 aromatic rings. The van der Waals surface area contributed by atoms with E-state index in [9.17, 15) is 30.4 Å². The zero-order valence-electron chi connectivity index (χ0n) is 14.5. The number of piperidine rings is 1. The van der Waals surface area contributed by atoms with Crippen molar-refractivity contribution in [2.45, 2.75) is 82.1 Å². The van der Waals surface area contributed by atoms with Crippen LogP contribution in [0.3, 0.4) is 0 Å². The molecule has 24 heavy (non-hydrogen) atoms. The van der Waals surface area contributed by atoms with Crippen LogP contribution >= 0.6 is 0 Å². The Morgan fingerprint density at radius 1 is 1.08 bits per heavy atom. The van der Waals surface area contributed by atoms with Gasteiger partial charge in [0.1, 0.15) is 18.3 Å². The van der Waals surface area contributed by atoms with Crippen molar-refractivity contribution in [1.29, 1.82) is 0 Å². The van der Waals surface area contributed by atoms with E-state index in [-0.39, 0.29) is 0 Å². The van der Waals surface area contributed by atoms with E-state index in [4.69, 9.17) is 5.11 Å². The summed E-state index contributed by atoms with van der Waals surface area (Å²) in [4.78, 5) is 12.1. The summed E-state index contributed by atoms with van der Waals surface area (Å²) in [5.41, 5.74) is -1.42. The smallest absolute Gasteiger partial charge is 0.251 e. The highest BCUT2D eigenvalue weighted by molar-refractivity contribution is 5.81. The van der Waals surface area contributed by atoms with Crippen LogP contribution in [0.2, 0.25) is 0 Å². The molecular weight excluding hydrogens is 320 g/mol. The molecule has 9 nitrogen and oxygen atoms in total. The van der Waals surface area contributed by atoms with Gasteiger partial charge in [-0.25, -0.2) is 0 Å². The lowest BCUT2D eigenvalue weighted by Gasteiger charge is -2.50. The van der Waals surface area contributed by atoms with Crippen LogP contribution < -0.4 is 5.32 Å². The van der Waals surface area contributed by atoms with Gasteiger partial charge in [0.15, 0.2) is 6.10 Å². The van der Waals surface area contributed by atoms with Gasteiger partial charge in [-0.15, -0.1) is 10.3 Å². The van der Waals surface area contributed by atoms with Crippen LogP contribution in [-0.4, -0.2) is 84.6 Å². The average molecular weight is 349 g/mol. The molecule has 0 saturated carbocycles. The van der Waals surface area contributed by atoms with Gasteiger partial charge in [-0.1, -0.05) is 0 Å². The summed E-state index contributed by atoms with van der Waals surface area (Å²) in [6.45, 7) is 6.20. The molecule has 1 amide bonds. The quantitative estimate of drug-likeness (QED) is 0.321. The van der Waals surface area contributed by atoms with Gasteiger partial charge in [0.05, 0.1) is 6.61 Å². The molecule has 141 valence electrons. The number of aliphatic hydroxyl groups excluding tert-OH is 5. The fraction of sp³-hybridized carbons (Fsp3) is 0.933. The van der Waals surface area contributed by atoms with E-state index >= 15 is 0 Å². The Morgan fingerprint density at radius 3 is 1.96 bits per heavy atom. The van der Waals surface area contributed by atoms with E-state index in [2.05, 4.69) is 5.32 Å². The van der Waals surface area contributed by atoms with E-state index in [1.807, 2.05) is 0 Å². The summed E-state index contributed by atoms with van der Waals surface area (Å²) in [6, 6.07) is -0.394. The highest BCUT2D eigenvalue weighted by Gasteiger charge is 2.47. The van der Waals surface area contributed by atoms with Gasteiger partial charge in [0.25, 0.3) is 5.91 Å². The van der Waals surface area contributed by atoms with Crippen LogP contribution in [0.15, 0.2) is 0 Å². The summed E-state index contributed by atoms with van der Waals surface area (Å²) >= 11 is 0. The van der Waals surface area contributed by atoms with Gasteiger partial charge in [0, 0.05) is 17.1 Å². The highest BCUT2D eigenvalue weighted by atomic mass is 16.5. The minimum Gasteiger partial charge on any atom is -0.394 e. The van der Waals surface area contributed by atoms with Crippen molar-refractivity contribution in [1.82, 2.24) is 10.4 Å². The molecule has 9 heteroatoms. The van der Waals surface area contributed by atoms with Gasteiger partial charge in [-0.2, -0.15) is 0 Å². The molecular formula is C15H29N2O7. The molecule has 4 atom stereocenters. The van der Waals surface area contributed by atoms with Crippen molar-refractivity contribution in [2.24, 2.45) is 0 Å². The molecule has 0 bridgehead atoms. The Kier molecular flexibility index (Phi) is 6.73. The van der Waals surface area contributed by atoms with Gasteiger partial charge in [-0.05, 0) is 40.5 Å². The fourth-order valence-electron chi connectivity index (χ4n) is 3.33. The largest absolute Gasteiger partial charge is 0.394 e. The average Bonchev–Trinajstić information content (AvgIpc) is 2.48. The van der Waals surface area contributed by atoms with Gasteiger partial charge in [-0.3, -0.25) is 4.79 Å². The molecule has 1 aliphatic rings. The normalized spacial score (nSPS) is 26.4. The van der Waals surface area contributed by atoms with Crippen molar-refractivity contribution in [3.05, 3.63) is 0 Å². The van der Waals surface area contributed by atoms with Crippen molar-refractivity contribution in [3.63, 3.8) is 0 Å². The molecule has 1 saturated heterocycles. The summed E-state index contributed by atoms with van der Waals surface area (Å²) in [6.07, 6.45) is -6.76. The summed E-state index contributed by atoms with van der Waals surface area (Å²) in [5, 5.41) is 63.0. The number of amides is 1. The van der Waals surface area contributed by atoms with Crippen LogP contribution in [0.5, 0.6) is 0 Å². The van der Waals surface area contributed by atoms with E-state index in [1.54, 1.807) is 27.7 Å². The van der Waals surface area contributed by atoms with E-state index in [0.29, 0.717) is 12.8 Å². The minimum absolute atomic E-state index is 0.357. The van der Waals surface area contributed by atoms with Crippen molar-refractivity contribution in [3.8, 4) is 0 Å². The third-order valence-electron chi connectivity index (χ3n) is 4.46. The molecule has 1 heterocycles. The first-order chi connectivity index (χ1) is 10.8. The van der Waals surface area contributed by atoms with Crippen LogP contribution in [0.1, 0.15) is 40.5 Å². The van der Waals surface area contributed by atoms with Crippen LogP contribution in [-0.2, 0) is 10.0 Å². The Balaban J connectivity index is 2.73. The number of carbonyl (C=O) groups is 1. The Labute approximate surface area is 141 Å². The van der Waals surface area contributed by atoms with Gasteiger partial charge >= 0.3 is 0 Å². The van der Waals surface area contributed by atoms with Crippen molar-refractivity contribution in [2.75, 3.05) is 6.61 Å². The van der Waals surface area contributed by atoms with Crippen molar-refractivity contribution < 1.29 is 35.5 Å². The highest BCUT2D eigenvalue weighted by Crippen LogP contribution is 2.37. The molecule has 0 spiro atoms. The third-order valence-corrected chi connectivity index (χ3v) is 4.46. The molecule has 1 fully saturated rings. The number of hydrogen-bond acceptors (Lipinski definition) is 7. The number of nitrogens with zero attached hydrogens (tertiary/aromatic N) is 1. The van der Waals surface area contributed by atoms with Gasteiger partial charge < -0.3 is 30.8 Å². The minimum atomic E-state index is -1.97. The number of hydroxylamine groups is 2. The summed E-state index contributed by atoms with van der Waals surface area (Å²) in [5.74, 6) is -0.914. The van der Waals surface area contributed by atoms with Gasteiger partial charge in [0.2, 0.25) is 0 Å². The lowest BCUT2D eigenvalue weighted by Crippen LogP contribution is -2.63. The van der Waals surface area contributed by atoms with Crippen LogP contribution in [0.4, 0.5) is 0 Å². The molecule has 4 unspecified atom stereocenters. The Bertz CT molecular complexity index is 426. The Morgan fingerprint density at radius 2 is 1.54 bits per heavy atom. The SMILES string of the molecule is CC1(C)CC(NC(=O)C(O)C(O)C(O)C(O)CO)CC(C)(C)N1[O]. The van der Waals surface area contributed by atoms with Crippen LogP contribution in [0.25, 0.3) is 0 Å². The predicted molar refractivity (Wildman–Crippen MR) is 83.0 cm³/mol. The Hall–Kier alpha value is -0.810. The van der Waals surface area contributed by atoms with E-state index in [0.717, 1.165) is 5.06 Å². The summed E-state index contributed by atoms with van der Waals surface area (Å²) in [7, 11) is 0. The first-order valence-electron chi connectivity index (χ1n) is 7.94. The second kappa shape index (κ2) is 7.61. The van der Waals surface area contributed by atoms with E-state index in [1.165, 1.54) is 0 Å². The second-order valence-electron chi connectivity index (χ2n) is 7.71. The zero-order chi connectivity index (χ0) is 18.9. The molecule has 0 aromatic heterocycles. The topological polar surface area (TPSA) is 153 Å². The number of aliphatic hydroxyl groups is 5. The maximum atomic E-state index is 12.3. The van der Waals surface area contributed by atoms with Crippen molar-refractivity contribution >= 4 is 5.91 Å². The lowest BCUT2D eigenvalue weighted by molar-refractivity contribution is -0.290. The second-order valence-corrected chi connectivity index (χ2v) is 7.71. The standard InChI is InChI=1S/C15H29N2O7/c1-14(2)5-8(6-15(3,4)17(14)24)16-13(23)12(22)11(21)10(20)9(19)7-18/h8-12,18-22H,5-7H2,1-4H3,(H,16,23).